The molecule has 0 spiro atoms. The molecule has 2 heterocycles. The summed E-state index contributed by atoms with van der Waals surface area (Å²) in [5.74, 6) is -0.623. The summed E-state index contributed by atoms with van der Waals surface area (Å²) >= 11 is 0. The van der Waals surface area contributed by atoms with E-state index in [1.54, 1.807) is 37.6 Å². The zero-order valence-corrected chi connectivity index (χ0v) is 14.0. The molecule has 0 radical (unpaired) electrons. The highest BCUT2D eigenvalue weighted by Crippen LogP contribution is 2.22. The Labute approximate surface area is 145 Å². The molecule has 0 bridgehead atoms. The Hall–Kier alpha value is -2.80. The third kappa shape index (κ3) is 3.66. The number of nitrogens with two attached hydrogens (primary N) is 1. The van der Waals surface area contributed by atoms with Gasteiger partial charge in [-0.25, -0.2) is 4.98 Å². The van der Waals surface area contributed by atoms with E-state index in [9.17, 15) is 9.59 Å². The first-order valence-corrected chi connectivity index (χ1v) is 8.12. The van der Waals surface area contributed by atoms with Crippen LogP contribution in [-0.4, -0.2) is 53.0 Å². The Morgan fingerprint density at radius 2 is 2.04 bits per heavy atom. The summed E-state index contributed by atoms with van der Waals surface area (Å²) < 4.78 is 5.20. The fraction of sp³-hybridized carbons (Fsp3) is 0.333. The number of carbonyl (C=O) groups is 2. The van der Waals surface area contributed by atoms with Crippen molar-refractivity contribution in [2.45, 2.75) is 18.9 Å². The van der Waals surface area contributed by atoms with Gasteiger partial charge >= 0.3 is 0 Å². The number of likely N-dealkylation sites (tertiary alicyclic amines) is 1. The van der Waals surface area contributed by atoms with Gasteiger partial charge in [-0.2, -0.15) is 0 Å². The number of benzene rings is 1. The largest absolute Gasteiger partial charge is 0.383 e. The standard InChI is InChI=1S/C18H20N4O3/c1-25-11-14-3-2-8-22(14)18(24)13-6-4-12(5-7-13)15-9-20-10-16(21-15)17(19)23/h4-7,9-10,14H,2-3,8,11H2,1H3,(H2,19,23)/t14-/m0/s1. The van der Waals surface area contributed by atoms with Crippen molar-refractivity contribution < 1.29 is 14.3 Å². The molecule has 1 fully saturated rings. The van der Waals surface area contributed by atoms with Crippen LogP contribution in [0.15, 0.2) is 36.7 Å². The minimum atomic E-state index is -0.626. The lowest BCUT2D eigenvalue weighted by Crippen LogP contribution is -2.38. The van der Waals surface area contributed by atoms with E-state index in [2.05, 4.69) is 9.97 Å². The van der Waals surface area contributed by atoms with E-state index in [1.165, 1.54) is 6.20 Å². The average molecular weight is 340 g/mol. The van der Waals surface area contributed by atoms with Gasteiger partial charge in [0.05, 0.1) is 30.7 Å². The molecule has 1 aromatic carbocycles. The highest BCUT2D eigenvalue weighted by Gasteiger charge is 2.29. The van der Waals surface area contributed by atoms with Crippen LogP contribution in [0.2, 0.25) is 0 Å². The Morgan fingerprint density at radius 1 is 1.28 bits per heavy atom. The van der Waals surface area contributed by atoms with E-state index in [1.807, 2.05) is 4.90 Å². The number of aromatic nitrogens is 2. The van der Waals surface area contributed by atoms with E-state index in [0.29, 0.717) is 17.9 Å². The van der Waals surface area contributed by atoms with Crippen molar-refractivity contribution >= 4 is 11.8 Å². The van der Waals surface area contributed by atoms with Crippen molar-refractivity contribution in [3.63, 3.8) is 0 Å². The van der Waals surface area contributed by atoms with Gasteiger partial charge < -0.3 is 15.4 Å². The fourth-order valence-corrected chi connectivity index (χ4v) is 3.04. The first-order chi connectivity index (χ1) is 12.1. The van der Waals surface area contributed by atoms with Crippen LogP contribution in [0.4, 0.5) is 0 Å². The maximum atomic E-state index is 12.7. The highest BCUT2D eigenvalue weighted by atomic mass is 16.5. The molecule has 7 nitrogen and oxygen atoms in total. The molecule has 130 valence electrons. The lowest BCUT2D eigenvalue weighted by Gasteiger charge is -2.24. The molecule has 2 amide bonds. The third-order valence-electron chi connectivity index (χ3n) is 4.31. The molecule has 7 heteroatoms. The van der Waals surface area contributed by atoms with Crippen LogP contribution in [0.25, 0.3) is 11.3 Å². The van der Waals surface area contributed by atoms with Crippen LogP contribution in [0.5, 0.6) is 0 Å². The first kappa shape index (κ1) is 17.0. The van der Waals surface area contributed by atoms with Crippen LogP contribution < -0.4 is 5.73 Å². The van der Waals surface area contributed by atoms with Crippen LogP contribution in [-0.2, 0) is 4.74 Å². The number of methoxy groups -OCH3 is 1. The molecule has 2 aromatic rings. The number of hydrogen-bond donors (Lipinski definition) is 1. The predicted molar refractivity (Wildman–Crippen MR) is 91.9 cm³/mol. The normalized spacial score (nSPS) is 16.8. The number of carbonyl (C=O) groups excluding carboxylic acids is 2. The third-order valence-corrected chi connectivity index (χ3v) is 4.31. The molecule has 1 saturated heterocycles. The summed E-state index contributed by atoms with van der Waals surface area (Å²) in [4.78, 5) is 34.0. The summed E-state index contributed by atoms with van der Waals surface area (Å²) in [7, 11) is 1.65. The van der Waals surface area contributed by atoms with Gasteiger partial charge in [-0.3, -0.25) is 14.6 Å². The SMILES string of the molecule is COC[C@@H]1CCCN1C(=O)c1ccc(-c2cncc(C(N)=O)n2)cc1. The van der Waals surface area contributed by atoms with Crippen molar-refractivity contribution in [1.82, 2.24) is 14.9 Å². The smallest absolute Gasteiger partial charge is 0.268 e. The van der Waals surface area contributed by atoms with Gasteiger partial charge in [-0.05, 0) is 25.0 Å². The molecule has 1 atom stereocenters. The Morgan fingerprint density at radius 3 is 2.72 bits per heavy atom. The lowest BCUT2D eigenvalue weighted by molar-refractivity contribution is 0.0630. The van der Waals surface area contributed by atoms with Gasteiger partial charge in [0.15, 0.2) is 0 Å². The summed E-state index contributed by atoms with van der Waals surface area (Å²) in [6.45, 7) is 1.31. The zero-order valence-electron chi connectivity index (χ0n) is 14.0. The molecule has 1 aliphatic rings. The van der Waals surface area contributed by atoms with Gasteiger partial charge in [0, 0.05) is 24.8 Å². The summed E-state index contributed by atoms with van der Waals surface area (Å²) in [6.07, 6.45) is 4.84. The number of nitrogens with zero attached hydrogens (tertiary/aromatic N) is 3. The second kappa shape index (κ2) is 7.40. The van der Waals surface area contributed by atoms with Gasteiger partial charge in [0.2, 0.25) is 0 Å². The van der Waals surface area contributed by atoms with Gasteiger partial charge in [-0.1, -0.05) is 12.1 Å². The zero-order chi connectivity index (χ0) is 17.8. The quantitative estimate of drug-likeness (QED) is 0.889. The number of ether oxygens (including phenoxy) is 1. The maximum absolute atomic E-state index is 12.7. The van der Waals surface area contributed by atoms with Crippen LogP contribution in [0.3, 0.4) is 0 Å². The lowest BCUT2D eigenvalue weighted by atomic mass is 10.1. The second-order valence-electron chi connectivity index (χ2n) is 5.98. The average Bonchev–Trinajstić information content (AvgIpc) is 3.10. The van der Waals surface area contributed by atoms with E-state index >= 15 is 0 Å². The van der Waals surface area contributed by atoms with E-state index in [0.717, 1.165) is 24.9 Å². The molecule has 0 unspecified atom stereocenters. The molecule has 1 aromatic heterocycles. The molecular formula is C18H20N4O3. The fourth-order valence-electron chi connectivity index (χ4n) is 3.04. The number of primary amides is 1. The Kier molecular flexibility index (Phi) is 5.04. The van der Waals surface area contributed by atoms with Gasteiger partial charge in [-0.15, -0.1) is 0 Å². The van der Waals surface area contributed by atoms with Crippen molar-refractivity contribution in [2.24, 2.45) is 5.73 Å². The van der Waals surface area contributed by atoms with Crippen molar-refractivity contribution in [1.29, 1.82) is 0 Å². The summed E-state index contributed by atoms with van der Waals surface area (Å²) in [5, 5.41) is 0. The number of rotatable bonds is 5. The van der Waals surface area contributed by atoms with Crippen LogP contribution >= 0.6 is 0 Å². The molecule has 1 aliphatic heterocycles. The molecular weight excluding hydrogens is 320 g/mol. The Balaban J connectivity index is 1.79. The van der Waals surface area contributed by atoms with E-state index in [-0.39, 0.29) is 17.6 Å². The van der Waals surface area contributed by atoms with Crippen molar-refractivity contribution in [2.75, 3.05) is 20.3 Å². The van der Waals surface area contributed by atoms with Crippen molar-refractivity contribution in [3.8, 4) is 11.3 Å². The van der Waals surface area contributed by atoms with Crippen LogP contribution in [0, 0.1) is 0 Å². The first-order valence-electron chi connectivity index (χ1n) is 8.12. The van der Waals surface area contributed by atoms with E-state index in [4.69, 9.17) is 10.5 Å². The maximum Gasteiger partial charge on any atom is 0.268 e. The number of hydrogen-bond acceptors (Lipinski definition) is 5. The second-order valence-corrected chi connectivity index (χ2v) is 5.98. The van der Waals surface area contributed by atoms with Gasteiger partial charge in [0.1, 0.15) is 5.69 Å². The molecule has 0 saturated carbocycles. The molecule has 25 heavy (non-hydrogen) atoms. The molecule has 3 rings (SSSR count). The number of amides is 2. The van der Waals surface area contributed by atoms with Crippen LogP contribution in [0.1, 0.15) is 33.7 Å². The minimum Gasteiger partial charge on any atom is -0.383 e. The molecule has 2 N–H and O–H groups in total. The topological polar surface area (TPSA) is 98.4 Å². The highest BCUT2D eigenvalue weighted by molar-refractivity contribution is 5.95. The summed E-state index contributed by atoms with van der Waals surface area (Å²) in [5.41, 5.74) is 7.26. The monoisotopic (exact) mass is 340 g/mol. The van der Waals surface area contributed by atoms with Gasteiger partial charge in [0.25, 0.3) is 11.8 Å². The summed E-state index contributed by atoms with van der Waals surface area (Å²) in [6, 6.07) is 7.25. The molecule has 0 aliphatic carbocycles. The Bertz CT molecular complexity index is 776. The van der Waals surface area contributed by atoms with Crippen molar-refractivity contribution in [3.05, 3.63) is 47.9 Å². The van der Waals surface area contributed by atoms with E-state index < -0.39 is 5.91 Å². The minimum absolute atomic E-state index is 0.00284. The predicted octanol–water partition coefficient (Wildman–Crippen LogP) is 1.49.